The van der Waals surface area contributed by atoms with Gasteiger partial charge in [0.15, 0.2) is 4.77 Å². The van der Waals surface area contributed by atoms with Gasteiger partial charge in [0.1, 0.15) is 0 Å². The van der Waals surface area contributed by atoms with Crippen LogP contribution in [0.25, 0.3) is 5.69 Å². The molecule has 1 amide bonds. The summed E-state index contributed by atoms with van der Waals surface area (Å²) >= 11 is 5.15. The van der Waals surface area contributed by atoms with Gasteiger partial charge in [-0.1, -0.05) is 11.8 Å². The van der Waals surface area contributed by atoms with Crippen molar-refractivity contribution in [2.75, 3.05) is 6.54 Å². The van der Waals surface area contributed by atoms with Gasteiger partial charge in [-0.25, -0.2) is 0 Å². The van der Waals surface area contributed by atoms with Crippen molar-refractivity contribution < 1.29 is 4.79 Å². The van der Waals surface area contributed by atoms with Crippen LogP contribution in [-0.2, 0) is 4.79 Å². The van der Waals surface area contributed by atoms with Crippen molar-refractivity contribution in [1.29, 1.82) is 0 Å². The first-order valence-electron chi connectivity index (χ1n) is 5.76. The van der Waals surface area contributed by atoms with Crippen molar-refractivity contribution in [1.82, 2.24) is 14.9 Å². The van der Waals surface area contributed by atoms with Gasteiger partial charge in [-0.3, -0.25) is 9.36 Å². The summed E-state index contributed by atoms with van der Waals surface area (Å²) in [4.78, 5) is 13.6. The van der Waals surface area contributed by atoms with Crippen molar-refractivity contribution in [3.63, 3.8) is 0 Å². The zero-order chi connectivity index (χ0) is 13.7. The van der Waals surface area contributed by atoms with E-state index in [2.05, 4.69) is 22.1 Å². The fourth-order valence-corrected chi connectivity index (χ4v) is 1.78. The van der Waals surface area contributed by atoms with Gasteiger partial charge in [0, 0.05) is 30.6 Å². The summed E-state index contributed by atoms with van der Waals surface area (Å²) in [6, 6.07) is 7.74. The number of H-pyrrole nitrogens is 1. The lowest BCUT2D eigenvalue weighted by atomic mass is 10.2. The number of rotatable bonds is 2. The van der Waals surface area contributed by atoms with E-state index >= 15 is 0 Å². The van der Waals surface area contributed by atoms with E-state index in [1.165, 1.54) is 6.92 Å². The molecule has 0 atom stereocenters. The molecule has 4 nitrogen and oxygen atoms in total. The van der Waals surface area contributed by atoms with Crippen molar-refractivity contribution >= 4 is 18.1 Å². The molecule has 0 fully saturated rings. The number of nitrogens with one attached hydrogen (secondary N) is 2. The molecule has 0 aliphatic carbocycles. The summed E-state index contributed by atoms with van der Waals surface area (Å²) in [7, 11) is 0. The molecule has 19 heavy (non-hydrogen) atoms. The maximum Gasteiger partial charge on any atom is 0.217 e. The number of amides is 1. The summed E-state index contributed by atoms with van der Waals surface area (Å²) in [5.41, 5.74) is 1.88. The fraction of sp³-hybridized carbons (Fsp3) is 0.143. The van der Waals surface area contributed by atoms with Crippen LogP contribution in [-0.4, -0.2) is 22.0 Å². The number of benzene rings is 1. The summed E-state index contributed by atoms with van der Waals surface area (Å²) in [6.45, 7) is 1.83. The van der Waals surface area contributed by atoms with E-state index in [0.29, 0.717) is 11.3 Å². The Kier molecular flexibility index (Phi) is 4.16. The monoisotopic (exact) mass is 271 g/mol. The van der Waals surface area contributed by atoms with E-state index in [1.807, 2.05) is 35.0 Å². The van der Waals surface area contributed by atoms with E-state index in [0.717, 1.165) is 11.3 Å². The van der Waals surface area contributed by atoms with Gasteiger partial charge in [-0.2, -0.15) is 0 Å². The second-order valence-corrected chi connectivity index (χ2v) is 4.28. The average Bonchev–Trinajstić information content (AvgIpc) is 2.81. The number of carbonyl (C=O) groups excluding carboxylic acids is 1. The highest BCUT2D eigenvalue weighted by Gasteiger charge is 1.96. The number of hydrogen-bond donors (Lipinski definition) is 2. The Morgan fingerprint density at radius 2 is 2.16 bits per heavy atom. The average molecular weight is 271 g/mol. The normalized spacial score (nSPS) is 9.53. The summed E-state index contributed by atoms with van der Waals surface area (Å²) in [6.07, 6.45) is 3.67. The lowest BCUT2D eigenvalue weighted by Crippen LogP contribution is -2.19. The van der Waals surface area contributed by atoms with Crippen molar-refractivity contribution in [3.05, 3.63) is 47.0 Å². The van der Waals surface area contributed by atoms with Crippen molar-refractivity contribution in [2.24, 2.45) is 0 Å². The largest absolute Gasteiger partial charge is 0.345 e. The van der Waals surface area contributed by atoms with Gasteiger partial charge in [0.05, 0.1) is 6.54 Å². The molecule has 5 heteroatoms. The number of imidazole rings is 1. The molecule has 2 rings (SSSR count). The van der Waals surface area contributed by atoms with Crippen LogP contribution in [0.2, 0.25) is 0 Å². The van der Waals surface area contributed by atoms with Gasteiger partial charge in [-0.05, 0) is 36.5 Å². The second kappa shape index (κ2) is 6.03. The zero-order valence-electron chi connectivity index (χ0n) is 10.4. The molecule has 0 spiro atoms. The van der Waals surface area contributed by atoms with E-state index in [4.69, 9.17) is 12.2 Å². The molecule has 0 aliphatic heterocycles. The van der Waals surface area contributed by atoms with Gasteiger partial charge in [0.2, 0.25) is 5.91 Å². The van der Waals surface area contributed by atoms with Gasteiger partial charge >= 0.3 is 0 Å². The molecule has 96 valence electrons. The molecule has 1 heterocycles. The van der Waals surface area contributed by atoms with Gasteiger partial charge in [-0.15, -0.1) is 0 Å². The first kappa shape index (κ1) is 13.1. The smallest absolute Gasteiger partial charge is 0.217 e. The predicted molar refractivity (Wildman–Crippen MR) is 76.5 cm³/mol. The van der Waals surface area contributed by atoms with E-state index in [-0.39, 0.29) is 5.91 Å². The number of aromatic amines is 1. The Hall–Kier alpha value is -2.32. The van der Waals surface area contributed by atoms with E-state index in [1.54, 1.807) is 6.20 Å². The molecule has 2 N–H and O–H groups in total. The molecular weight excluding hydrogens is 258 g/mol. The quantitative estimate of drug-likeness (QED) is 0.648. The molecule has 0 saturated heterocycles. The standard InChI is InChI=1S/C14H13N3OS/c1-11(18)15-8-2-3-12-4-6-13(7-5-12)17-10-9-16-14(17)19/h4-7,9-10H,8H2,1H3,(H,15,18)(H,16,19). The number of nitrogens with zero attached hydrogens (tertiary/aromatic N) is 1. The molecule has 1 aromatic heterocycles. The lowest BCUT2D eigenvalue weighted by molar-refractivity contribution is -0.118. The Balaban J connectivity index is 2.09. The highest BCUT2D eigenvalue weighted by atomic mass is 32.1. The number of aromatic nitrogens is 2. The number of hydrogen-bond acceptors (Lipinski definition) is 2. The predicted octanol–water partition coefficient (Wildman–Crippen LogP) is 2.02. The first-order chi connectivity index (χ1) is 9.16. The highest BCUT2D eigenvalue weighted by Crippen LogP contribution is 2.09. The minimum atomic E-state index is -0.0773. The molecule has 0 radical (unpaired) electrons. The SMILES string of the molecule is CC(=O)NCC#Cc1ccc(-n2cc[nH]c2=S)cc1. The van der Waals surface area contributed by atoms with Gasteiger partial charge in [0.25, 0.3) is 0 Å². The minimum absolute atomic E-state index is 0.0773. The van der Waals surface area contributed by atoms with Crippen LogP contribution in [0.3, 0.4) is 0 Å². The highest BCUT2D eigenvalue weighted by molar-refractivity contribution is 7.71. The minimum Gasteiger partial charge on any atom is -0.345 e. The first-order valence-corrected chi connectivity index (χ1v) is 6.17. The number of carbonyl (C=O) groups is 1. The zero-order valence-corrected chi connectivity index (χ0v) is 11.3. The Morgan fingerprint density at radius 1 is 1.42 bits per heavy atom. The Bertz CT molecular complexity index is 686. The van der Waals surface area contributed by atoms with Crippen LogP contribution < -0.4 is 5.32 Å². The third-order valence-electron chi connectivity index (χ3n) is 2.45. The molecular formula is C14H13N3OS. The van der Waals surface area contributed by atoms with E-state index < -0.39 is 0 Å². The third-order valence-corrected chi connectivity index (χ3v) is 2.77. The van der Waals surface area contributed by atoms with E-state index in [9.17, 15) is 4.79 Å². The topological polar surface area (TPSA) is 49.8 Å². The van der Waals surface area contributed by atoms with Crippen LogP contribution in [0, 0.1) is 16.6 Å². The van der Waals surface area contributed by atoms with Crippen LogP contribution >= 0.6 is 12.2 Å². The maximum absolute atomic E-state index is 10.7. The van der Waals surface area contributed by atoms with Gasteiger partial charge < -0.3 is 10.3 Å². The maximum atomic E-state index is 10.7. The molecule has 0 aliphatic rings. The third kappa shape index (κ3) is 3.57. The van der Waals surface area contributed by atoms with Crippen molar-refractivity contribution in [2.45, 2.75) is 6.92 Å². The van der Waals surface area contributed by atoms with Crippen LogP contribution in [0.15, 0.2) is 36.7 Å². The summed E-state index contributed by atoms with van der Waals surface area (Å²) in [5.74, 6) is 5.79. The second-order valence-electron chi connectivity index (χ2n) is 3.89. The Morgan fingerprint density at radius 3 is 2.74 bits per heavy atom. The Labute approximate surface area is 116 Å². The molecule has 1 aromatic carbocycles. The molecule has 0 bridgehead atoms. The van der Waals surface area contributed by atoms with Crippen LogP contribution in [0.1, 0.15) is 12.5 Å². The summed E-state index contributed by atoms with van der Waals surface area (Å²) < 4.78 is 2.54. The lowest BCUT2D eigenvalue weighted by Gasteiger charge is -2.01. The van der Waals surface area contributed by atoms with Crippen LogP contribution in [0.4, 0.5) is 0 Å². The van der Waals surface area contributed by atoms with Crippen molar-refractivity contribution in [3.8, 4) is 17.5 Å². The fourth-order valence-electron chi connectivity index (χ4n) is 1.54. The molecule has 0 unspecified atom stereocenters. The molecule has 2 aromatic rings. The summed E-state index contributed by atoms with van der Waals surface area (Å²) in [5, 5.41) is 2.62. The molecule has 0 saturated carbocycles. The van der Waals surface area contributed by atoms with Crippen LogP contribution in [0.5, 0.6) is 0 Å².